The number of carbonyl (C=O) groups excluding carboxylic acids is 14. The molecule has 0 heterocycles. The van der Waals surface area contributed by atoms with Crippen LogP contribution in [-0.2, 0) is 159 Å². The molecule has 0 aliphatic heterocycles. The van der Waals surface area contributed by atoms with Crippen LogP contribution in [0.3, 0.4) is 0 Å². The molecule has 2 rings (SSSR count). The molecule has 608 valence electrons. The summed E-state index contributed by atoms with van der Waals surface area (Å²) >= 11 is 0. The zero-order valence-electron chi connectivity index (χ0n) is 60.5. The van der Waals surface area contributed by atoms with Crippen molar-refractivity contribution in [2.45, 2.75) is 41.0 Å². The van der Waals surface area contributed by atoms with Crippen molar-refractivity contribution in [2.75, 3.05) is 106 Å². The fraction of sp³-hybridized carbons (Fsp3) is 0.307. The largest absolute Gasteiger partial charge is 0.508 e. The number of ether oxygens (including phenoxy) is 20. The lowest BCUT2D eigenvalue weighted by molar-refractivity contribution is -0.252. The highest BCUT2D eigenvalue weighted by molar-refractivity contribution is 5.92. The number of rotatable bonds is 56. The molecule has 2 aromatic carbocycles. The molecule has 0 aliphatic carbocycles. The molecule has 0 bridgehead atoms. The van der Waals surface area contributed by atoms with Gasteiger partial charge in [-0.3, -0.25) is 0 Å². The molecule has 2 aromatic rings. The maximum Gasteiger partial charge on any atom is 0.508 e. The molecule has 0 spiro atoms. The summed E-state index contributed by atoms with van der Waals surface area (Å²) in [7, 11) is 0. The number of benzene rings is 2. The van der Waals surface area contributed by atoms with E-state index >= 15 is 0 Å². The van der Waals surface area contributed by atoms with Crippen LogP contribution in [0.2, 0.25) is 0 Å². The predicted octanol–water partition coefficient (Wildman–Crippen LogP) is 3.73. The SMILES string of the molecule is C=CC(=O)OCC(COC(=O)C=C)(COC(=O)C=C)OC(COC(=O)C=C)(COC(=O)C=C)COC(=O)OCC(COc1ccc(Cc2ccc(OCC(COC(=O)OCC(COC(=O)C=C)(COC(=O)C=C)OC(COC(=O)C=C)(COC(=O)C=C)COC(=O)C=C)OC(=O)/C=C\C(=O)O)cc2)cc1)OC(=O)/C=C\C(=O)O. The van der Waals surface area contributed by atoms with Crippen molar-refractivity contribution in [1.29, 1.82) is 0 Å². The molecule has 2 unspecified atom stereocenters. The molecule has 2 N–H and O–H groups in total. The molecule has 0 fully saturated rings. The fourth-order valence-corrected chi connectivity index (χ4v) is 8.11. The Morgan fingerprint density at radius 3 is 0.673 bits per heavy atom. The van der Waals surface area contributed by atoms with Gasteiger partial charge in [-0.1, -0.05) is 90.1 Å². The molecular weight excluding hydrogens is 1510 g/mol. The van der Waals surface area contributed by atoms with Crippen molar-refractivity contribution < 1.29 is 182 Å². The highest BCUT2D eigenvalue weighted by atomic mass is 16.8. The molecule has 0 saturated carbocycles. The Bertz CT molecular complexity index is 3440. The Morgan fingerprint density at radius 1 is 0.274 bits per heavy atom. The Labute approximate surface area is 644 Å². The predicted molar refractivity (Wildman–Crippen MR) is 379 cm³/mol. The number of carboxylic acid groups (broad SMARTS) is 2. The Kier molecular flexibility index (Phi) is 42.5. The van der Waals surface area contributed by atoms with Gasteiger partial charge in [0, 0.05) is 85.1 Å². The average Bonchev–Trinajstić information content (AvgIpc) is 0.807. The van der Waals surface area contributed by atoms with E-state index in [1.807, 2.05) is 0 Å². The van der Waals surface area contributed by atoms with Gasteiger partial charge in [0.15, 0.2) is 34.6 Å². The van der Waals surface area contributed by atoms with Crippen molar-refractivity contribution >= 4 is 95.9 Å². The molecule has 0 amide bonds. The third-order valence-corrected chi connectivity index (χ3v) is 13.4. The van der Waals surface area contributed by atoms with Gasteiger partial charge in [0.1, 0.15) is 117 Å². The number of carboxylic acids is 2. The van der Waals surface area contributed by atoms with Crippen LogP contribution in [0.15, 0.2) is 199 Å². The molecule has 0 aromatic heterocycles. The van der Waals surface area contributed by atoms with Gasteiger partial charge in [-0.2, -0.15) is 0 Å². The van der Waals surface area contributed by atoms with E-state index in [9.17, 15) is 76.7 Å². The monoisotopic (exact) mass is 1590 g/mol. The third-order valence-electron chi connectivity index (χ3n) is 13.4. The smallest absolute Gasteiger partial charge is 0.490 e. The van der Waals surface area contributed by atoms with Crippen LogP contribution >= 0.6 is 0 Å². The van der Waals surface area contributed by atoms with E-state index in [1.54, 1.807) is 24.3 Å². The van der Waals surface area contributed by atoms with Crippen molar-refractivity contribution in [1.82, 2.24) is 0 Å². The number of esters is 12. The Morgan fingerprint density at radius 2 is 0.478 bits per heavy atom. The van der Waals surface area contributed by atoms with Gasteiger partial charge in [0.05, 0.1) is 0 Å². The second-order valence-corrected chi connectivity index (χ2v) is 22.3. The van der Waals surface area contributed by atoms with Gasteiger partial charge in [-0.15, -0.1) is 0 Å². The Hall–Kier alpha value is -14.0. The van der Waals surface area contributed by atoms with E-state index < -0.39 is 236 Å². The van der Waals surface area contributed by atoms with Crippen molar-refractivity contribution in [3.8, 4) is 11.5 Å². The van der Waals surface area contributed by atoms with Crippen molar-refractivity contribution in [2.24, 2.45) is 0 Å². The van der Waals surface area contributed by atoms with E-state index in [0.29, 0.717) is 59.7 Å². The maximum atomic E-state index is 13.5. The molecule has 38 heteroatoms. The van der Waals surface area contributed by atoms with Crippen LogP contribution in [0.5, 0.6) is 11.5 Å². The summed E-state index contributed by atoms with van der Waals surface area (Å²) in [5.74, 6) is -16.4. The lowest BCUT2D eigenvalue weighted by Gasteiger charge is -2.41. The molecular formula is C75H80O38. The number of hydrogen-bond donors (Lipinski definition) is 2. The van der Waals surface area contributed by atoms with E-state index in [0.717, 1.165) is 36.5 Å². The van der Waals surface area contributed by atoms with Gasteiger partial charge in [-0.25, -0.2) is 76.7 Å². The van der Waals surface area contributed by atoms with E-state index in [1.165, 1.54) is 24.3 Å². The zero-order valence-corrected chi connectivity index (χ0v) is 60.5. The summed E-state index contributed by atoms with van der Waals surface area (Å²) in [5, 5.41) is 18.3. The molecule has 113 heavy (non-hydrogen) atoms. The molecule has 0 saturated heterocycles. The molecule has 2 atom stereocenters. The van der Waals surface area contributed by atoms with Crippen LogP contribution in [0.25, 0.3) is 0 Å². The Balaban J connectivity index is 2.47. The number of carbonyl (C=O) groups is 16. The van der Waals surface area contributed by atoms with Crippen molar-refractivity contribution in [3.63, 3.8) is 0 Å². The maximum absolute atomic E-state index is 13.5. The molecule has 38 nitrogen and oxygen atoms in total. The summed E-state index contributed by atoms with van der Waals surface area (Å²) < 4.78 is 108. The minimum Gasteiger partial charge on any atom is -0.490 e. The van der Waals surface area contributed by atoms with Crippen LogP contribution in [0.1, 0.15) is 11.1 Å². The lowest BCUT2D eigenvalue weighted by atomic mass is 10.0. The van der Waals surface area contributed by atoms with E-state index in [-0.39, 0.29) is 17.9 Å². The van der Waals surface area contributed by atoms with Crippen LogP contribution in [-0.4, -0.2) is 246 Å². The summed E-state index contributed by atoms with van der Waals surface area (Å²) in [6, 6.07) is 12.5. The molecule has 0 radical (unpaired) electrons. The molecule has 0 aliphatic rings. The lowest BCUT2D eigenvalue weighted by Crippen LogP contribution is -2.59. The summed E-state index contributed by atoms with van der Waals surface area (Å²) in [6.07, 6.45) is 2.99. The van der Waals surface area contributed by atoms with Crippen LogP contribution < -0.4 is 9.47 Å². The first-order valence-corrected chi connectivity index (χ1v) is 32.3. The minimum absolute atomic E-state index is 0.136. The van der Waals surface area contributed by atoms with Gasteiger partial charge < -0.3 is 105 Å². The average molecular weight is 1590 g/mol. The van der Waals surface area contributed by atoms with Gasteiger partial charge in [0.25, 0.3) is 0 Å². The minimum atomic E-state index is -2.48. The van der Waals surface area contributed by atoms with Gasteiger partial charge >= 0.3 is 95.9 Å². The number of aliphatic carboxylic acids is 2. The van der Waals surface area contributed by atoms with Crippen molar-refractivity contribution in [3.05, 3.63) is 211 Å². The summed E-state index contributed by atoms with van der Waals surface area (Å²) in [5.41, 5.74) is -8.36. The zero-order chi connectivity index (χ0) is 84.4. The second kappa shape index (κ2) is 50.6. The first kappa shape index (κ1) is 95.0. The van der Waals surface area contributed by atoms with E-state index in [2.05, 4.69) is 65.8 Å². The highest BCUT2D eigenvalue weighted by Crippen LogP contribution is 2.30. The first-order valence-electron chi connectivity index (χ1n) is 32.3. The summed E-state index contributed by atoms with van der Waals surface area (Å²) in [4.78, 5) is 200. The van der Waals surface area contributed by atoms with Crippen LogP contribution in [0.4, 0.5) is 9.59 Å². The second-order valence-electron chi connectivity index (χ2n) is 22.3. The van der Waals surface area contributed by atoms with Gasteiger partial charge in [-0.05, 0) is 41.8 Å². The van der Waals surface area contributed by atoms with Crippen LogP contribution in [0, 0.1) is 0 Å². The third kappa shape index (κ3) is 39.1. The standard InChI is InChI=1S/C75H80O38/c1-11-58(80)98-38-72(39-99-59(81)12-2,40-100-60(82)13-3)112-74(44-104-64(86)17-7,45-105-65(87)18-8)48-108-70(92)96-36-54(110-68(90)31-29-56(76)77)34-94-52-25-21-50(22-26-52)33-51-23-27-53(28-24-51)95-35-55(111-69(91)32-30-57(78)79)37-97-71(93)109-49-75(46-106-66(88)19-9,47-107-67(89)20-10)113-73(41-101-61(83)14-4,42-102-62(84)15-5)43-103-63(85)16-6/h11-32,54-55H,1-10,33-49H2,(H,76,77)(H,78,79)/b31-29-,32-30-. The first-order chi connectivity index (χ1) is 53.7. The normalized spacial score (nSPS) is 11.5. The number of hydrogen-bond acceptors (Lipinski definition) is 36. The summed E-state index contributed by atoms with van der Waals surface area (Å²) in [6.45, 7) is 17.6. The van der Waals surface area contributed by atoms with Gasteiger partial charge in [0.2, 0.25) is 0 Å². The van der Waals surface area contributed by atoms with E-state index in [4.69, 9.17) is 105 Å². The fourth-order valence-electron chi connectivity index (χ4n) is 8.11. The topological polar surface area (TPSA) is 498 Å². The quantitative estimate of drug-likeness (QED) is 0.0541. The highest BCUT2D eigenvalue weighted by Gasteiger charge is 2.50.